The highest BCUT2D eigenvalue weighted by atomic mass is 32.2. The number of anilines is 2. The highest BCUT2D eigenvalue weighted by Crippen LogP contribution is 2.42. The predicted molar refractivity (Wildman–Crippen MR) is 134 cm³/mol. The molecule has 3 aliphatic rings. The van der Waals surface area contributed by atoms with Gasteiger partial charge in [0, 0.05) is 37.7 Å². The highest BCUT2D eigenvalue weighted by molar-refractivity contribution is 8.00. The van der Waals surface area contributed by atoms with Gasteiger partial charge in [-0.25, -0.2) is 9.67 Å². The number of hydrogen-bond acceptors (Lipinski definition) is 9. The Labute approximate surface area is 202 Å². The van der Waals surface area contributed by atoms with E-state index in [1.54, 1.807) is 11.5 Å². The van der Waals surface area contributed by atoms with E-state index in [1.807, 2.05) is 28.9 Å². The Morgan fingerprint density at radius 1 is 1.12 bits per heavy atom. The lowest BCUT2D eigenvalue weighted by molar-refractivity contribution is -0.0383. The molecule has 6 heterocycles. The van der Waals surface area contributed by atoms with Gasteiger partial charge in [0.2, 0.25) is 0 Å². The molecule has 10 heteroatoms. The van der Waals surface area contributed by atoms with Gasteiger partial charge in [-0.1, -0.05) is 0 Å². The summed E-state index contributed by atoms with van der Waals surface area (Å²) in [5.74, 6) is 2.17. The van der Waals surface area contributed by atoms with Crippen molar-refractivity contribution < 1.29 is 9.47 Å². The Morgan fingerprint density at radius 2 is 2.09 bits per heavy atom. The molecule has 6 rings (SSSR count). The number of ether oxygens (including phenoxy) is 2. The summed E-state index contributed by atoms with van der Waals surface area (Å²) in [5, 5.41) is 4.63. The van der Waals surface area contributed by atoms with Gasteiger partial charge in [-0.15, -0.1) is 0 Å². The van der Waals surface area contributed by atoms with Crippen molar-refractivity contribution in [1.82, 2.24) is 19.1 Å². The van der Waals surface area contributed by atoms with Crippen molar-refractivity contribution in [2.45, 2.75) is 51.3 Å². The van der Waals surface area contributed by atoms with Crippen LogP contribution < -0.4 is 9.21 Å². The maximum atomic E-state index is 6.05. The van der Waals surface area contributed by atoms with Crippen LogP contribution in [-0.4, -0.2) is 63.8 Å². The summed E-state index contributed by atoms with van der Waals surface area (Å²) in [6, 6.07) is 4.61. The fourth-order valence-electron chi connectivity index (χ4n) is 4.89. The average molecular weight is 487 g/mol. The molecule has 3 aliphatic heterocycles. The van der Waals surface area contributed by atoms with E-state index in [2.05, 4.69) is 27.3 Å². The topological polar surface area (TPSA) is 68.5 Å². The second-order valence-corrected chi connectivity index (χ2v) is 10.8. The summed E-state index contributed by atoms with van der Waals surface area (Å²) in [7, 11) is 0. The summed E-state index contributed by atoms with van der Waals surface area (Å²) in [6.07, 6.45) is 7.58. The lowest BCUT2D eigenvalue weighted by Gasteiger charge is -2.35. The van der Waals surface area contributed by atoms with E-state index in [9.17, 15) is 0 Å². The summed E-state index contributed by atoms with van der Waals surface area (Å²) in [4.78, 5) is 7.59. The molecule has 8 nitrogen and oxygen atoms in total. The van der Waals surface area contributed by atoms with Crippen LogP contribution in [0.4, 0.5) is 11.5 Å². The number of pyridine rings is 1. The van der Waals surface area contributed by atoms with Crippen LogP contribution in [0.25, 0.3) is 21.6 Å². The Hall–Kier alpha value is -1.88. The molecule has 0 N–H and O–H groups in total. The smallest absolute Gasteiger partial charge is 0.150 e. The molecule has 0 amide bonds. The predicted octanol–water partition coefficient (Wildman–Crippen LogP) is 4.73. The van der Waals surface area contributed by atoms with E-state index in [0.717, 1.165) is 85.3 Å². The molecule has 3 saturated heterocycles. The molecule has 3 aromatic rings. The number of nitrogens with zero attached hydrogens (tertiary/aromatic N) is 6. The first-order chi connectivity index (χ1) is 16.3. The summed E-state index contributed by atoms with van der Waals surface area (Å²) in [6.45, 7) is 6.38. The molecule has 0 aliphatic carbocycles. The molecule has 0 spiro atoms. The van der Waals surface area contributed by atoms with Gasteiger partial charge in [0.1, 0.15) is 17.0 Å². The second-order valence-electron chi connectivity index (χ2n) is 8.95. The largest absolute Gasteiger partial charge is 0.377 e. The van der Waals surface area contributed by atoms with Crippen LogP contribution in [0.15, 0.2) is 18.3 Å². The first-order valence-corrected chi connectivity index (χ1v) is 13.7. The molecule has 1 unspecified atom stereocenters. The minimum absolute atomic E-state index is 0.0277. The zero-order valence-electron chi connectivity index (χ0n) is 19.0. The van der Waals surface area contributed by atoms with E-state index < -0.39 is 0 Å². The summed E-state index contributed by atoms with van der Waals surface area (Å²) < 4.78 is 22.3. The van der Waals surface area contributed by atoms with Gasteiger partial charge in [-0.05, 0) is 68.6 Å². The van der Waals surface area contributed by atoms with Crippen molar-refractivity contribution in [3.8, 4) is 11.4 Å². The number of morpholine rings is 1. The minimum atomic E-state index is -0.0277. The van der Waals surface area contributed by atoms with Crippen LogP contribution >= 0.6 is 23.5 Å². The molecule has 3 aromatic heterocycles. The van der Waals surface area contributed by atoms with Crippen molar-refractivity contribution in [2.75, 3.05) is 47.9 Å². The molecular formula is C23H30N6O2S2. The van der Waals surface area contributed by atoms with Crippen molar-refractivity contribution in [3.05, 3.63) is 18.3 Å². The van der Waals surface area contributed by atoms with Crippen molar-refractivity contribution >= 4 is 45.2 Å². The van der Waals surface area contributed by atoms with Crippen molar-refractivity contribution in [2.24, 2.45) is 0 Å². The third-order valence-electron chi connectivity index (χ3n) is 6.67. The normalized spacial score (nSPS) is 24.5. The maximum absolute atomic E-state index is 6.05. The van der Waals surface area contributed by atoms with Gasteiger partial charge in [-0.3, -0.25) is 0 Å². The van der Waals surface area contributed by atoms with E-state index in [0.29, 0.717) is 6.04 Å². The number of rotatable bonds is 4. The first kappa shape index (κ1) is 21.6. The SMILES string of the molecule is C[C@@H]1COCCN1c1cc(N2CCCCS2)c2snc(-c3ccnn3C3CCCCO3)c2n1. The standard InChI is InChI=1S/C23H30N6O2S2/c1-16-15-30-12-10-27(16)19-14-18(28-9-3-5-13-32-28)23-22(25-19)21(26-33-23)17-7-8-24-29(17)20-6-2-4-11-31-20/h7-8,14,16,20H,2-6,9-13,15H2,1H3/t16-,20?/m1/s1. The fraction of sp³-hybridized carbons (Fsp3) is 0.609. The lowest BCUT2D eigenvalue weighted by Crippen LogP contribution is -2.44. The van der Waals surface area contributed by atoms with Crippen LogP contribution in [0.5, 0.6) is 0 Å². The zero-order chi connectivity index (χ0) is 22.2. The second kappa shape index (κ2) is 9.40. The maximum Gasteiger partial charge on any atom is 0.150 e. The third-order valence-corrected chi connectivity index (χ3v) is 8.69. The molecule has 3 fully saturated rings. The molecule has 0 aromatic carbocycles. The quantitative estimate of drug-likeness (QED) is 0.491. The van der Waals surface area contributed by atoms with E-state index in [1.165, 1.54) is 18.5 Å². The highest BCUT2D eigenvalue weighted by Gasteiger charge is 2.28. The van der Waals surface area contributed by atoms with Gasteiger partial charge in [0.05, 0.1) is 35.3 Å². The fourth-order valence-corrected chi connectivity index (χ4v) is 6.90. The molecule has 33 heavy (non-hydrogen) atoms. The van der Waals surface area contributed by atoms with Gasteiger partial charge in [0.15, 0.2) is 6.23 Å². The van der Waals surface area contributed by atoms with Crippen LogP contribution in [0.3, 0.4) is 0 Å². The van der Waals surface area contributed by atoms with Crippen molar-refractivity contribution in [1.29, 1.82) is 0 Å². The Kier molecular flexibility index (Phi) is 6.17. The molecular weight excluding hydrogens is 456 g/mol. The Balaban J connectivity index is 1.47. The number of fused-ring (bicyclic) bond motifs is 1. The van der Waals surface area contributed by atoms with Gasteiger partial charge < -0.3 is 18.7 Å². The molecule has 176 valence electrons. The Morgan fingerprint density at radius 3 is 2.91 bits per heavy atom. The van der Waals surface area contributed by atoms with Gasteiger partial charge in [0.25, 0.3) is 0 Å². The van der Waals surface area contributed by atoms with Crippen LogP contribution in [0.1, 0.15) is 45.3 Å². The van der Waals surface area contributed by atoms with E-state index >= 15 is 0 Å². The summed E-state index contributed by atoms with van der Waals surface area (Å²) in [5.41, 5.74) is 4.11. The third kappa shape index (κ3) is 4.11. The van der Waals surface area contributed by atoms with Gasteiger partial charge >= 0.3 is 0 Å². The van der Waals surface area contributed by atoms with Crippen LogP contribution in [-0.2, 0) is 9.47 Å². The first-order valence-electron chi connectivity index (χ1n) is 12.0. The zero-order valence-corrected chi connectivity index (χ0v) is 20.6. The average Bonchev–Trinajstić information content (AvgIpc) is 3.52. The van der Waals surface area contributed by atoms with Crippen LogP contribution in [0.2, 0.25) is 0 Å². The molecule has 0 radical (unpaired) electrons. The van der Waals surface area contributed by atoms with Crippen LogP contribution in [0, 0.1) is 0 Å². The van der Waals surface area contributed by atoms with E-state index in [-0.39, 0.29) is 6.23 Å². The minimum Gasteiger partial charge on any atom is -0.377 e. The number of hydrogen-bond donors (Lipinski definition) is 0. The molecule has 0 bridgehead atoms. The van der Waals surface area contributed by atoms with Crippen molar-refractivity contribution in [3.63, 3.8) is 0 Å². The Bertz CT molecular complexity index is 1110. The van der Waals surface area contributed by atoms with Gasteiger partial charge in [-0.2, -0.15) is 9.47 Å². The summed E-state index contributed by atoms with van der Waals surface area (Å²) >= 11 is 3.47. The monoisotopic (exact) mass is 486 g/mol. The lowest BCUT2D eigenvalue weighted by atomic mass is 10.1. The molecule has 2 atom stereocenters. The number of aromatic nitrogens is 4. The van der Waals surface area contributed by atoms with E-state index in [4.69, 9.17) is 18.8 Å². The molecule has 0 saturated carbocycles.